The van der Waals surface area contributed by atoms with Gasteiger partial charge >= 0.3 is 5.97 Å². The maximum absolute atomic E-state index is 11.1. The summed E-state index contributed by atoms with van der Waals surface area (Å²) in [4.78, 5) is 11.1. The summed E-state index contributed by atoms with van der Waals surface area (Å²) < 4.78 is 6.39. The van der Waals surface area contributed by atoms with Gasteiger partial charge in [0.05, 0.1) is 19.3 Å². The Bertz CT molecular complexity index is 520. The van der Waals surface area contributed by atoms with Crippen LogP contribution >= 0.6 is 0 Å². The number of aromatic nitrogens is 2. The highest BCUT2D eigenvalue weighted by Crippen LogP contribution is 2.15. The van der Waals surface area contributed by atoms with E-state index < -0.39 is 0 Å². The van der Waals surface area contributed by atoms with E-state index in [4.69, 9.17) is 0 Å². The summed E-state index contributed by atoms with van der Waals surface area (Å²) in [5.41, 5.74) is 2.12. The first-order valence-electron chi connectivity index (χ1n) is 6.11. The third kappa shape index (κ3) is 3.42. The summed E-state index contributed by atoms with van der Waals surface area (Å²) in [7, 11) is 1.38. The third-order valence-corrected chi connectivity index (χ3v) is 2.94. The van der Waals surface area contributed by atoms with E-state index in [-0.39, 0.29) is 18.6 Å². The molecule has 0 bridgehead atoms. The minimum atomic E-state index is -0.264. The molecule has 0 aliphatic rings. The van der Waals surface area contributed by atoms with E-state index in [9.17, 15) is 4.79 Å². The van der Waals surface area contributed by atoms with E-state index in [1.165, 1.54) is 7.11 Å². The molecule has 0 radical (unpaired) electrons. The molecule has 0 saturated carbocycles. The van der Waals surface area contributed by atoms with Gasteiger partial charge < -0.3 is 10.1 Å². The third-order valence-electron chi connectivity index (χ3n) is 2.94. The largest absolute Gasteiger partial charge is 0.468 e. The van der Waals surface area contributed by atoms with Crippen LogP contribution in [0.2, 0.25) is 0 Å². The molecule has 2 rings (SSSR count). The second kappa shape index (κ2) is 6.15. The average molecular weight is 259 g/mol. The van der Waals surface area contributed by atoms with Crippen LogP contribution in [0.1, 0.15) is 18.5 Å². The van der Waals surface area contributed by atoms with Gasteiger partial charge in [-0.3, -0.25) is 4.79 Å². The lowest BCUT2D eigenvalue weighted by Gasteiger charge is -2.13. The molecule has 5 nitrogen and oxygen atoms in total. The average Bonchev–Trinajstić information content (AvgIpc) is 2.98. The van der Waals surface area contributed by atoms with Crippen LogP contribution < -0.4 is 5.32 Å². The molecule has 5 heteroatoms. The quantitative estimate of drug-likeness (QED) is 0.830. The van der Waals surface area contributed by atoms with E-state index in [0.29, 0.717) is 0 Å². The number of hydrogen-bond acceptors (Lipinski definition) is 4. The molecular formula is C14H17N3O2. The van der Waals surface area contributed by atoms with Crippen LogP contribution in [0, 0.1) is 0 Å². The fraction of sp³-hybridized carbons (Fsp3) is 0.286. The Morgan fingerprint density at radius 2 is 2.16 bits per heavy atom. The minimum Gasteiger partial charge on any atom is -0.468 e. The Hall–Kier alpha value is -2.14. The van der Waals surface area contributed by atoms with Crippen molar-refractivity contribution < 1.29 is 9.53 Å². The van der Waals surface area contributed by atoms with Gasteiger partial charge in [-0.05, 0) is 30.7 Å². The highest BCUT2D eigenvalue weighted by Gasteiger charge is 2.07. The number of nitrogens with one attached hydrogen (secondary N) is 1. The van der Waals surface area contributed by atoms with Gasteiger partial charge in [-0.25, -0.2) is 4.68 Å². The van der Waals surface area contributed by atoms with Gasteiger partial charge in [0, 0.05) is 18.4 Å². The van der Waals surface area contributed by atoms with Gasteiger partial charge in [0.25, 0.3) is 0 Å². The van der Waals surface area contributed by atoms with E-state index in [1.807, 2.05) is 43.5 Å². The lowest BCUT2D eigenvalue weighted by molar-refractivity contribution is -0.139. The first-order valence-corrected chi connectivity index (χ1v) is 6.11. The molecule has 2 aromatic rings. The van der Waals surface area contributed by atoms with Gasteiger partial charge in [0.15, 0.2) is 0 Å². The molecule has 0 spiro atoms. The lowest BCUT2D eigenvalue weighted by Crippen LogP contribution is -2.26. The summed E-state index contributed by atoms with van der Waals surface area (Å²) in [6, 6.07) is 10.0. The lowest BCUT2D eigenvalue weighted by atomic mass is 10.1. The van der Waals surface area contributed by atoms with Crippen molar-refractivity contribution >= 4 is 5.97 Å². The summed E-state index contributed by atoms with van der Waals surface area (Å²) in [5.74, 6) is -0.264. The standard InChI is InChI=1S/C14H17N3O2/c1-11(15-10-14(18)19-2)12-4-6-13(7-5-12)17-9-3-8-16-17/h3-9,11,15H,10H2,1-2H3. The monoisotopic (exact) mass is 259 g/mol. The minimum absolute atomic E-state index is 0.0887. The van der Waals surface area contributed by atoms with E-state index in [0.717, 1.165) is 11.3 Å². The Labute approximate surface area is 112 Å². The fourth-order valence-corrected chi connectivity index (χ4v) is 1.76. The Balaban J connectivity index is 2.00. The maximum atomic E-state index is 11.1. The second-order valence-corrected chi connectivity index (χ2v) is 4.22. The van der Waals surface area contributed by atoms with E-state index >= 15 is 0 Å². The predicted octanol–water partition coefficient (Wildman–Crippen LogP) is 1.70. The van der Waals surface area contributed by atoms with Crippen LogP contribution in [-0.4, -0.2) is 29.4 Å². The number of carbonyl (C=O) groups is 1. The molecule has 19 heavy (non-hydrogen) atoms. The zero-order chi connectivity index (χ0) is 13.7. The van der Waals surface area contributed by atoms with Crippen LogP contribution in [-0.2, 0) is 9.53 Å². The SMILES string of the molecule is COC(=O)CNC(C)c1ccc(-n2cccn2)cc1. The molecule has 0 saturated heterocycles. The fourth-order valence-electron chi connectivity index (χ4n) is 1.76. The molecule has 0 amide bonds. The summed E-state index contributed by atoms with van der Waals surface area (Å²) in [5, 5.41) is 7.28. The highest BCUT2D eigenvalue weighted by atomic mass is 16.5. The van der Waals surface area contributed by atoms with Crippen molar-refractivity contribution in [2.24, 2.45) is 0 Å². The van der Waals surface area contributed by atoms with Crippen LogP contribution in [0.15, 0.2) is 42.7 Å². The molecule has 0 fully saturated rings. The normalized spacial score (nSPS) is 12.1. The molecular weight excluding hydrogens is 242 g/mol. The predicted molar refractivity (Wildman–Crippen MR) is 72.0 cm³/mol. The number of nitrogens with zero attached hydrogens (tertiary/aromatic N) is 2. The molecule has 1 aromatic heterocycles. The Kier molecular flexibility index (Phi) is 4.30. The maximum Gasteiger partial charge on any atom is 0.319 e. The summed E-state index contributed by atoms with van der Waals surface area (Å²) in [6.07, 6.45) is 3.64. The van der Waals surface area contributed by atoms with Crippen molar-refractivity contribution in [3.8, 4) is 5.69 Å². The molecule has 1 unspecified atom stereocenters. The van der Waals surface area contributed by atoms with Crippen molar-refractivity contribution in [1.29, 1.82) is 0 Å². The number of ether oxygens (including phenoxy) is 1. The van der Waals surface area contributed by atoms with E-state index in [1.54, 1.807) is 10.9 Å². The Morgan fingerprint density at radius 3 is 2.74 bits per heavy atom. The number of carbonyl (C=O) groups excluding carboxylic acids is 1. The first kappa shape index (κ1) is 13.3. The van der Waals surface area contributed by atoms with Crippen molar-refractivity contribution in [2.75, 3.05) is 13.7 Å². The van der Waals surface area contributed by atoms with Crippen molar-refractivity contribution in [1.82, 2.24) is 15.1 Å². The second-order valence-electron chi connectivity index (χ2n) is 4.22. The Morgan fingerprint density at radius 1 is 1.42 bits per heavy atom. The van der Waals surface area contributed by atoms with Crippen LogP contribution in [0.3, 0.4) is 0 Å². The van der Waals surface area contributed by atoms with Crippen molar-refractivity contribution in [2.45, 2.75) is 13.0 Å². The molecule has 1 atom stereocenters. The first-order chi connectivity index (χ1) is 9.20. The molecule has 1 heterocycles. The smallest absolute Gasteiger partial charge is 0.319 e. The van der Waals surface area contributed by atoms with Crippen LogP contribution in [0.5, 0.6) is 0 Å². The topological polar surface area (TPSA) is 56.1 Å². The number of hydrogen-bond donors (Lipinski definition) is 1. The molecule has 1 aromatic carbocycles. The molecule has 1 N–H and O–H groups in total. The van der Waals surface area contributed by atoms with Crippen molar-refractivity contribution in [3.63, 3.8) is 0 Å². The van der Waals surface area contributed by atoms with Crippen LogP contribution in [0.4, 0.5) is 0 Å². The number of methoxy groups -OCH3 is 1. The van der Waals surface area contributed by atoms with Crippen molar-refractivity contribution in [3.05, 3.63) is 48.3 Å². The number of benzene rings is 1. The van der Waals surface area contributed by atoms with E-state index in [2.05, 4.69) is 15.2 Å². The van der Waals surface area contributed by atoms with Gasteiger partial charge in [0.1, 0.15) is 0 Å². The van der Waals surface area contributed by atoms with Gasteiger partial charge in [-0.1, -0.05) is 12.1 Å². The zero-order valence-electron chi connectivity index (χ0n) is 11.0. The number of rotatable bonds is 5. The van der Waals surface area contributed by atoms with Gasteiger partial charge in [-0.15, -0.1) is 0 Å². The highest BCUT2D eigenvalue weighted by molar-refractivity contribution is 5.71. The summed E-state index contributed by atoms with van der Waals surface area (Å²) in [6.45, 7) is 2.21. The van der Waals surface area contributed by atoms with Gasteiger partial charge in [0.2, 0.25) is 0 Å². The molecule has 100 valence electrons. The molecule has 0 aliphatic heterocycles. The summed E-state index contributed by atoms with van der Waals surface area (Å²) >= 11 is 0. The zero-order valence-corrected chi connectivity index (χ0v) is 11.0. The van der Waals surface area contributed by atoms with Gasteiger partial charge in [-0.2, -0.15) is 5.10 Å². The molecule has 0 aliphatic carbocycles. The van der Waals surface area contributed by atoms with Crippen LogP contribution in [0.25, 0.3) is 5.69 Å². The number of esters is 1.